The van der Waals surface area contributed by atoms with Crippen LogP contribution in [-0.2, 0) is 9.59 Å². The maximum absolute atomic E-state index is 12.0. The lowest BCUT2D eigenvalue weighted by Gasteiger charge is -2.16. The first kappa shape index (κ1) is 16.4. The van der Waals surface area contributed by atoms with E-state index < -0.39 is 17.9 Å². The molecule has 0 unspecified atom stereocenters. The smallest absolute Gasteiger partial charge is 0.313 e. The van der Waals surface area contributed by atoms with Crippen LogP contribution in [0, 0.1) is 0 Å². The van der Waals surface area contributed by atoms with E-state index in [1.807, 2.05) is 6.07 Å². The Morgan fingerprint density at radius 2 is 1.78 bits per heavy atom. The van der Waals surface area contributed by atoms with E-state index in [0.717, 1.165) is 0 Å². The van der Waals surface area contributed by atoms with Crippen molar-refractivity contribution in [2.24, 2.45) is 0 Å². The second kappa shape index (κ2) is 7.31. The standard InChI is InChI=1S/C17H18N2O4/c1-11(14-10-13(23-2)8-9-15(14)20)18-16(21)17(22)19-12-6-4-3-5-7-12/h3-11,20H,1-2H3,(H,18,21)(H,19,22)/t11-/m1/s1. The predicted molar refractivity (Wildman–Crippen MR) is 86.3 cm³/mol. The summed E-state index contributed by atoms with van der Waals surface area (Å²) in [4.78, 5) is 23.8. The highest BCUT2D eigenvalue weighted by Crippen LogP contribution is 2.28. The summed E-state index contributed by atoms with van der Waals surface area (Å²) in [6, 6.07) is 12.8. The average molecular weight is 314 g/mol. The minimum absolute atomic E-state index is 0.0158. The molecule has 0 aliphatic rings. The van der Waals surface area contributed by atoms with Gasteiger partial charge in [0.2, 0.25) is 0 Å². The highest BCUT2D eigenvalue weighted by molar-refractivity contribution is 6.39. The monoisotopic (exact) mass is 314 g/mol. The molecule has 0 aliphatic heterocycles. The van der Waals surface area contributed by atoms with Crippen LogP contribution >= 0.6 is 0 Å². The number of phenolic OH excluding ortho intramolecular Hbond substituents is 1. The highest BCUT2D eigenvalue weighted by atomic mass is 16.5. The number of carbonyl (C=O) groups is 2. The molecule has 2 aromatic rings. The van der Waals surface area contributed by atoms with Crippen molar-refractivity contribution >= 4 is 17.5 Å². The first-order valence-electron chi connectivity index (χ1n) is 7.05. The fourth-order valence-electron chi connectivity index (χ4n) is 2.06. The molecule has 3 N–H and O–H groups in total. The molecule has 23 heavy (non-hydrogen) atoms. The molecule has 0 aromatic heterocycles. The molecule has 0 saturated carbocycles. The van der Waals surface area contributed by atoms with Crippen LogP contribution in [0.3, 0.4) is 0 Å². The van der Waals surface area contributed by atoms with Crippen molar-refractivity contribution in [1.82, 2.24) is 5.32 Å². The van der Waals surface area contributed by atoms with Gasteiger partial charge in [0.25, 0.3) is 0 Å². The first-order chi connectivity index (χ1) is 11.0. The van der Waals surface area contributed by atoms with Crippen LogP contribution in [0.4, 0.5) is 5.69 Å². The maximum Gasteiger partial charge on any atom is 0.313 e. The Kier molecular flexibility index (Phi) is 5.19. The molecule has 0 heterocycles. The van der Waals surface area contributed by atoms with Crippen molar-refractivity contribution in [3.63, 3.8) is 0 Å². The molecule has 0 fully saturated rings. The third-order valence-corrected chi connectivity index (χ3v) is 3.29. The Balaban J connectivity index is 2.03. The highest BCUT2D eigenvalue weighted by Gasteiger charge is 2.19. The van der Waals surface area contributed by atoms with Gasteiger partial charge in [-0.3, -0.25) is 9.59 Å². The predicted octanol–water partition coefficient (Wildman–Crippen LogP) is 2.22. The van der Waals surface area contributed by atoms with Gasteiger partial charge in [0.15, 0.2) is 0 Å². The Bertz CT molecular complexity index is 701. The normalized spacial score (nSPS) is 11.4. The molecule has 2 rings (SSSR count). The largest absolute Gasteiger partial charge is 0.508 e. The topological polar surface area (TPSA) is 87.7 Å². The number of aromatic hydroxyl groups is 1. The van der Waals surface area contributed by atoms with E-state index >= 15 is 0 Å². The van der Waals surface area contributed by atoms with Gasteiger partial charge in [-0.15, -0.1) is 0 Å². The number of hydrogen-bond acceptors (Lipinski definition) is 4. The summed E-state index contributed by atoms with van der Waals surface area (Å²) >= 11 is 0. The van der Waals surface area contributed by atoms with E-state index in [9.17, 15) is 14.7 Å². The third kappa shape index (κ3) is 4.23. The fourth-order valence-corrected chi connectivity index (χ4v) is 2.06. The summed E-state index contributed by atoms with van der Waals surface area (Å²) in [6.07, 6.45) is 0. The summed E-state index contributed by atoms with van der Waals surface area (Å²) in [5.74, 6) is -0.997. The third-order valence-electron chi connectivity index (χ3n) is 3.29. The van der Waals surface area contributed by atoms with Crippen LogP contribution in [-0.4, -0.2) is 24.0 Å². The quantitative estimate of drug-likeness (QED) is 0.755. The van der Waals surface area contributed by atoms with Gasteiger partial charge in [-0.1, -0.05) is 18.2 Å². The van der Waals surface area contributed by atoms with Crippen LogP contribution in [0.25, 0.3) is 0 Å². The van der Waals surface area contributed by atoms with Gasteiger partial charge >= 0.3 is 11.8 Å². The van der Waals surface area contributed by atoms with E-state index in [0.29, 0.717) is 17.0 Å². The van der Waals surface area contributed by atoms with E-state index in [4.69, 9.17) is 4.74 Å². The van der Waals surface area contributed by atoms with Crippen LogP contribution < -0.4 is 15.4 Å². The van der Waals surface area contributed by atoms with Gasteiger partial charge in [0.05, 0.1) is 13.2 Å². The lowest BCUT2D eigenvalue weighted by molar-refractivity contribution is -0.136. The lowest BCUT2D eigenvalue weighted by Crippen LogP contribution is -2.36. The number of rotatable bonds is 4. The van der Waals surface area contributed by atoms with Gasteiger partial charge in [0, 0.05) is 11.3 Å². The van der Waals surface area contributed by atoms with E-state index in [1.165, 1.54) is 13.2 Å². The Labute approximate surface area is 134 Å². The minimum Gasteiger partial charge on any atom is -0.508 e. The zero-order valence-electron chi connectivity index (χ0n) is 12.9. The fraction of sp³-hybridized carbons (Fsp3) is 0.176. The van der Waals surface area contributed by atoms with Crippen molar-refractivity contribution in [2.75, 3.05) is 12.4 Å². The van der Waals surface area contributed by atoms with Crippen molar-refractivity contribution < 1.29 is 19.4 Å². The van der Waals surface area contributed by atoms with Crippen LogP contribution in [0.2, 0.25) is 0 Å². The number of anilines is 1. The number of nitrogens with one attached hydrogen (secondary N) is 2. The van der Waals surface area contributed by atoms with Gasteiger partial charge in [-0.25, -0.2) is 0 Å². The van der Waals surface area contributed by atoms with E-state index in [2.05, 4.69) is 10.6 Å². The molecule has 1 atom stereocenters. The number of methoxy groups -OCH3 is 1. The van der Waals surface area contributed by atoms with Crippen molar-refractivity contribution in [3.8, 4) is 11.5 Å². The second-order valence-corrected chi connectivity index (χ2v) is 4.94. The first-order valence-corrected chi connectivity index (χ1v) is 7.05. The van der Waals surface area contributed by atoms with Gasteiger partial charge < -0.3 is 20.5 Å². The summed E-state index contributed by atoms with van der Waals surface area (Å²) in [5.41, 5.74) is 0.995. The summed E-state index contributed by atoms with van der Waals surface area (Å²) in [7, 11) is 1.51. The molecule has 0 spiro atoms. The molecular formula is C17H18N2O4. The van der Waals surface area contributed by atoms with Gasteiger partial charge in [0.1, 0.15) is 11.5 Å². The molecule has 0 aliphatic carbocycles. The number of benzene rings is 2. The minimum atomic E-state index is -0.788. The molecule has 2 amide bonds. The number of phenols is 1. The Morgan fingerprint density at radius 3 is 2.43 bits per heavy atom. The maximum atomic E-state index is 12.0. The number of para-hydroxylation sites is 1. The second-order valence-electron chi connectivity index (χ2n) is 4.94. The van der Waals surface area contributed by atoms with E-state index in [-0.39, 0.29) is 5.75 Å². The molecule has 6 heteroatoms. The number of hydrogen-bond donors (Lipinski definition) is 3. The van der Waals surface area contributed by atoms with Crippen LogP contribution in [0.5, 0.6) is 11.5 Å². The number of amides is 2. The SMILES string of the molecule is COc1ccc(O)c([C@@H](C)NC(=O)C(=O)Nc2ccccc2)c1. The van der Waals surface area contributed by atoms with Gasteiger partial charge in [-0.05, 0) is 37.3 Å². The summed E-state index contributed by atoms with van der Waals surface area (Å²) in [5, 5.41) is 14.9. The zero-order valence-corrected chi connectivity index (χ0v) is 12.9. The number of carbonyl (C=O) groups excluding carboxylic acids is 2. The van der Waals surface area contributed by atoms with E-state index in [1.54, 1.807) is 43.3 Å². The molecule has 0 saturated heterocycles. The van der Waals surface area contributed by atoms with Crippen molar-refractivity contribution in [3.05, 3.63) is 54.1 Å². The van der Waals surface area contributed by atoms with Gasteiger partial charge in [-0.2, -0.15) is 0 Å². The average Bonchev–Trinajstić information content (AvgIpc) is 2.56. The molecule has 120 valence electrons. The lowest BCUT2D eigenvalue weighted by atomic mass is 10.1. The molecule has 0 radical (unpaired) electrons. The molecular weight excluding hydrogens is 296 g/mol. The molecule has 2 aromatic carbocycles. The zero-order chi connectivity index (χ0) is 16.8. The Morgan fingerprint density at radius 1 is 1.09 bits per heavy atom. The summed E-state index contributed by atoms with van der Waals surface area (Å²) < 4.78 is 5.09. The van der Waals surface area contributed by atoms with Crippen molar-refractivity contribution in [1.29, 1.82) is 0 Å². The molecule has 6 nitrogen and oxygen atoms in total. The number of ether oxygens (including phenoxy) is 1. The van der Waals surface area contributed by atoms with Crippen molar-refractivity contribution in [2.45, 2.75) is 13.0 Å². The summed E-state index contributed by atoms with van der Waals surface area (Å²) in [6.45, 7) is 1.67. The molecule has 0 bridgehead atoms. The van der Waals surface area contributed by atoms with Crippen LogP contribution in [0.1, 0.15) is 18.5 Å². The van der Waals surface area contributed by atoms with Crippen LogP contribution in [0.15, 0.2) is 48.5 Å². The Hall–Kier alpha value is -3.02.